The molecule has 0 aliphatic rings. The van der Waals surface area contributed by atoms with Crippen LogP contribution in [0.25, 0.3) is 10.9 Å². The van der Waals surface area contributed by atoms with Gasteiger partial charge in [0.1, 0.15) is 23.7 Å². The van der Waals surface area contributed by atoms with Crippen molar-refractivity contribution in [1.82, 2.24) is 10.6 Å². The van der Waals surface area contributed by atoms with Crippen LogP contribution < -0.4 is 20.9 Å². The van der Waals surface area contributed by atoms with Crippen molar-refractivity contribution >= 4 is 34.1 Å². The van der Waals surface area contributed by atoms with E-state index in [2.05, 4.69) is 53.0 Å². The Bertz CT molecular complexity index is 748. The molecule has 0 saturated heterocycles. The molecule has 0 saturated carbocycles. The van der Waals surface area contributed by atoms with E-state index in [1.165, 1.54) is 5.56 Å². The molecule has 1 aromatic carbocycles. The zero-order valence-corrected chi connectivity index (χ0v) is 13.8. The standard InChI is InChI=1S/C16H19N5S/c1-10-6-11(2)13-8-12(9-17)15(21-14(13)7-10)19-4-5-20-16(22)18-3/h6-8H,4-5H2,1-3H3,(H,19,21)(H2,18,20,22)/p+1. The number of nitrogens with one attached hydrogen (secondary N) is 4. The number of hydrogen-bond acceptors (Lipinski definition) is 3. The molecule has 0 spiro atoms. The summed E-state index contributed by atoms with van der Waals surface area (Å²) in [7, 11) is 1.78. The molecule has 1 aromatic heterocycles. The Hall–Kier alpha value is -2.39. The highest BCUT2D eigenvalue weighted by Gasteiger charge is 2.13. The van der Waals surface area contributed by atoms with E-state index in [9.17, 15) is 5.26 Å². The minimum atomic E-state index is 0.607. The maximum Gasteiger partial charge on any atom is 0.290 e. The molecular formula is C16H20N5S+. The fraction of sp³-hybridized carbons (Fsp3) is 0.312. The number of pyridine rings is 1. The van der Waals surface area contributed by atoms with Crippen LogP contribution in [0.5, 0.6) is 0 Å². The number of H-pyrrole nitrogens is 1. The van der Waals surface area contributed by atoms with E-state index in [4.69, 9.17) is 12.2 Å². The molecule has 2 rings (SSSR count). The Morgan fingerprint density at radius 3 is 2.73 bits per heavy atom. The van der Waals surface area contributed by atoms with Crippen LogP contribution in [0.3, 0.4) is 0 Å². The monoisotopic (exact) mass is 314 g/mol. The van der Waals surface area contributed by atoms with Crippen molar-refractivity contribution in [2.24, 2.45) is 0 Å². The topological polar surface area (TPSA) is 74.0 Å². The van der Waals surface area contributed by atoms with Crippen LogP contribution in [0.15, 0.2) is 18.2 Å². The first-order chi connectivity index (χ1) is 10.5. The third-order valence-electron chi connectivity index (χ3n) is 3.41. The second-order valence-electron chi connectivity index (χ2n) is 5.15. The lowest BCUT2D eigenvalue weighted by Gasteiger charge is -2.07. The third kappa shape index (κ3) is 3.62. The van der Waals surface area contributed by atoms with Crippen molar-refractivity contribution in [3.05, 3.63) is 34.9 Å². The van der Waals surface area contributed by atoms with Crippen LogP contribution >= 0.6 is 12.2 Å². The van der Waals surface area contributed by atoms with Crippen LogP contribution in [0.1, 0.15) is 16.7 Å². The summed E-state index contributed by atoms with van der Waals surface area (Å²) in [6.07, 6.45) is 0. The molecule has 6 heteroatoms. The molecule has 0 amide bonds. The van der Waals surface area contributed by atoms with Gasteiger partial charge in [-0.2, -0.15) is 5.26 Å². The predicted molar refractivity (Wildman–Crippen MR) is 92.8 cm³/mol. The zero-order chi connectivity index (χ0) is 16.1. The molecule has 0 aliphatic carbocycles. The largest absolute Gasteiger partial charge is 0.366 e. The number of hydrogen-bond donors (Lipinski definition) is 3. The van der Waals surface area contributed by atoms with Crippen LogP contribution in [0.2, 0.25) is 0 Å². The Morgan fingerprint density at radius 2 is 2.05 bits per heavy atom. The quantitative estimate of drug-likeness (QED) is 0.591. The van der Waals surface area contributed by atoms with Gasteiger partial charge in [0.15, 0.2) is 5.11 Å². The Labute approximate surface area is 135 Å². The van der Waals surface area contributed by atoms with Gasteiger partial charge in [0, 0.05) is 12.4 Å². The molecule has 0 radical (unpaired) electrons. The molecule has 5 nitrogen and oxygen atoms in total. The summed E-state index contributed by atoms with van der Waals surface area (Å²) < 4.78 is 0. The van der Waals surface area contributed by atoms with Crippen LogP contribution in [-0.2, 0) is 0 Å². The summed E-state index contributed by atoms with van der Waals surface area (Å²) in [6, 6.07) is 8.37. The normalized spacial score (nSPS) is 10.1. The first-order valence-electron chi connectivity index (χ1n) is 7.12. The molecule has 0 bridgehead atoms. The van der Waals surface area contributed by atoms with Gasteiger partial charge in [0.2, 0.25) is 0 Å². The van der Waals surface area contributed by atoms with Gasteiger partial charge in [0.05, 0.1) is 6.54 Å². The smallest absolute Gasteiger partial charge is 0.290 e. The van der Waals surface area contributed by atoms with Gasteiger partial charge in [0.25, 0.3) is 5.82 Å². The summed E-state index contributed by atoms with van der Waals surface area (Å²) in [4.78, 5) is 3.32. The van der Waals surface area contributed by atoms with E-state index in [0.29, 0.717) is 23.8 Å². The number of aromatic nitrogens is 1. The van der Waals surface area contributed by atoms with Gasteiger partial charge in [-0.15, -0.1) is 0 Å². The van der Waals surface area contributed by atoms with Gasteiger partial charge in [-0.25, -0.2) is 4.98 Å². The first kappa shape index (κ1) is 16.0. The van der Waals surface area contributed by atoms with Crippen molar-refractivity contribution in [2.45, 2.75) is 13.8 Å². The highest BCUT2D eigenvalue weighted by atomic mass is 32.1. The third-order valence-corrected chi connectivity index (χ3v) is 3.76. The van der Waals surface area contributed by atoms with Crippen molar-refractivity contribution in [3.63, 3.8) is 0 Å². The SMILES string of the molecule is CNC(=S)NCCNc1[nH+]c2cc(C)cc(C)c2cc1C#N. The van der Waals surface area contributed by atoms with E-state index in [0.717, 1.165) is 22.3 Å². The number of nitrogens with zero attached hydrogens (tertiary/aromatic N) is 1. The molecular weight excluding hydrogens is 294 g/mol. The maximum atomic E-state index is 9.35. The van der Waals surface area contributed by atoms with E-state index in [1.54, 1.807) is 7.05 Å². The number of fused-ring (bicyclic) bond motifs is 1. The van der Waals surface area contributed by atoms with Crippen molar-refractivity contribution in [2.75, 3.05) is 25.5 Å². The number of rotatable bonds is 4. The highest BCUT2D eigenvalue weighted by molar-refractivity contribution is 7.80. The summed E-state index contributed by atoms with van der Waals surface area (Å²) >= 11 is 5.02. The zero-order valence-electron chi connectivity index (χ0n) is 13.0. The summed E-state index contributed by atoms with van der Waals surface area (Å²) in [5.41, 5.74) is 3.99. The van der Waals surface area contributed by atoms with Crippen LogP contribution in [0, 0.1) is 25.2 Å². The lowest BCUT2D eigenvalue weighted by molar-refractivity contribution is -0.327. The Morgan fingerprint density at radius 1 is 1.27 bits per heavy atom. The lowest BCUT2D eigenvalue weighted by Crippen LogP contribution is -2.36. The first-order valence-corrected chi connectivity index (χ1v) is 7.53. The number of nitriles is 1. The average Bonchev–Trinajstić information content (AvgIpc) is 2.50. The molecule has 0 atom stereocenters. The van der Waals surface area contributed by atoms with E-state index >= 15 is 0 Å². The molecule has 1 heterocycles. The van der Waals surface area contributed by atoms with Gasteiger partial charge in [-0.3, -0.25) is 5.32 Å². The summed E-state index contributed by atoms with van der Waals surface area (Å²) in [6.45, 7) is 5.45. The molecule has 0 unspecified atom stereocenters. The van der Waals surface area contributed by atoms with Crippen molar-refractivity contribution < 1.29 is 4.98 Å². The Balaban J connectivity index is 2.22. The Kier molecular flexibility index (Phi) is 5.12. The van der Waals surface area contributed by atoms with Crippen molar-refractivity contribution in [1.29, 1.82) is 5.26 Å². The fourth-order valence-corrected chi connectivity index (χ4v) is 2.47. The lowest BCUT2D eigenvalue weighted by atomic mass is 10.0. The average molecular weight is 314 g/mol. The van der Waals surface area contributed by atoms with Crippen molar-refractivity contribution in [3.8, 4) is 6.07 Å². The van der Waals surface area contributed by atoms with Crippen LogP contribution in [0.4, 0.5) is 5.82 Å². The van der Waals surface area contributed by atoms with Gasteiger partial charge in [-0.1, -0.05) is 6.07 Å². The van der Waals surface area contributed by atoms with E-state index < -0.39 is 0 Å². The number of aromatic amines is 1. The molecule has 0 aliphatic heterocycles. The molecule has 0 fully saturated rings. The fourth-order valence-electron chi connectivity index (χ4n) is 2.37. The molecule has 2 aromatic rings. The molecule has 22 heavy (non-hydrogen) atoms. The predicted octanol–water partition coefficient (Wildman–Crippen LogP) is 1.65. The highest BCUT2D eigenvalue weighted by Crippen LogP contribution is 2.21. The number of thiocarbonyl (C=S) groups is 1. The van der Waals surface area contributed by atoms with E-state index in [-0.39, 0.29) is 0 Å². The summed E-state index contributed by atoms with van der Waals surface area (Å²) in [5.74, 6) is 0.733. The number of anilines is 1. The molecule has 4 N–H and O–H groups in total. The van der Waals surface area contributed by atoms with Gasteiger partial charge in [-0.05, 0) is 49.3 Å². The summed E-state index contributed by atoms with van der Waals surface area (Å²) in [5, 5.41) is 20.2. The maximum absolute atomic E-state index is 9.35. The van der Waals surface area contributed by atoms with Crippen LogP contribution in [-0.4, -0.2) is 25.2 Å². The number of benzene rings is 1. The van der Waals surface area contributed by atoms with Gasteiger partial charge >= 0.3 is 0 Å². The van der Waals surface area contributed by atoms with Gasteiger partial charge < -0.3 is 10.6 Å². The minimum absolute atomic E-state index is 0.607. The second kappa shape index (κ2) is 7.05. The van der Waals surface area contributed by atoms with E-state index in [1.807, 2.05) is 6.07 Å². The second-order valence-corrected chi connectivity index (χ2v) is 5.55. The number of aryl methyl sites for hydroxylation is 2. The minimum Gasteiger partial charge on any atom is -0.366 e. The molecule has 114 valence electrons.